The fraction of sp³-hybridized carbons (Fsp3) is 0. The number of thiophene rings is 3. The Kier molecular flexibility index (Phi) is 18.7. The van der Waals surface area contributed by atoms with Crippen LogP contribution in [0.2, 0.25) is 0 Å². The van der Waals surface area contributed by atoms with Crippen molar-refractivity contribution in [3.05, 3.63) is 455 Å². The van der Waals surface area contributed by atoms with Crippen LogP contribution in [0.3, 0.4) is 0 Å². The average Bonchev–Trinajstić information content (AvgIpc) is 1.54. The second-order valence-corrected chi connectivity index (χ2v) is 39.4. The lowest BCUT2D eigenvalue weighted by molar-refractivity contribution is 0.938. The fourth-order valence-corrected chi connectivity index (χ4v) is 25.7. The van der Waals surface area contributed by atoms with Crippen LogP contribution in [0.15, 0.2) is 455 Å². The molecule has 0 N–H and O–H groups in total. The molecule has 0 amide bonds. The van der Waals surface area contributed by atoms with Gasteiger partial charge in [-0.05, 0) is 152 Å². The van der Waals surface area contributed by atoms with Gasteiger partial charge in [-0.1, -0.05) is 370 Å². The highest BCUT2D eigenvalue weighted by Crippen LogP contribution is 2.60. The van der Waals surface area contributed by atoms with Gasteiger partial charge in [0.15, 0.2) is 29.1 Å². The van der Waals surface area contributed by atoms with E-state index < -0.39 is 0 Å². The van der Waals surface area contributed by atoms with Crippen molar-refractivity contribution in [1.29, 1.82) is 0 Å². The average molecular weight is 1860 g/mol. The predicted octanol–water partition coefficient (Wildman–Crippen LogP) is 34.3. The third kappa shape index (κ3) is 12.8. The highest BCUT2D eigenvalue weighted by atomic mass is 32.1. The summed E-state index contributed by atoms with van der Waals surface area (Å²) in [6, 6.07) is 161. The molecule has 31 rings (SSSR count). The monoisotopic (exact) mass is 1860 g/mol. The lowest BCUT2D eigenvalue weighted by Gasteiger charge is -2.15. The maximum atomic E-state index is 5.37. The van der Waals surface area contributed by atoms with Gasteiger partial charge in [-0.15, -0.1) is 34.0 Å². The Balaban J connectivity index is 0.000000102. The zero-order chi connectivity index (χ0) is 93.1. The molecular weight excluding hydrogens is 1790 g/mol. The van der Waals surface area contributed by atoms with Crippen LogP contribution < -0.4 is 0 Å². The lowest BCUT2D eigenvalue weighted by Crippen LogP contribution is -2.08. The van der Waals surface area contributed by atoms with Crippen molar-refractivity contribution in [2.24, 2.45) is 0 Å². The Morgan fingerprint density at radius 3 is 0.746 bits per heavy atom. The van der Waals surface area contributed by atoms with E-state index in [1.807, 2.05) is 137 Å². The number of hydrogen-bond donors (Lipinski definition) is 0. The van der Waals surface area contributed by atoms with Crippen LogP contribution in [0.4, 0.5) is 0 Å². The minimum atomic E-state index is 0.594. The molecule has 14 heteroatoms. The van der Waals surface area contributed by atoms with Gasteiger partial charge in [-0.2, -0.15) is 9.97 Å². The Bertz CT molecular complexity index is 9900. The minimum absolute atomic E-state index is 0.594. The van der Waals surface area contributed by atoms with Crippen molar-refractivity contribution in [1.82, 2.24) is 53.6 Å². The molecule has 0 saturated carbocycles. The second kappa shape index (κ2) is 32.8. The van der Waals surface area contributed by atoms with Crippen molar-refractivity contribution in [3.63, 3.8) is 0 Å². The van der Waals surface area contributed by atoms with Crippen LogP contribution in [0, 0.1) is 0 Å². The molecule has 0 radical (unpaired) electrons. The van der Waals surface area contributed by atoms with Gasteiger partial charge in [-0.25, -0.2) is 29.9 Å². The highest BCUT2D eigenvalue weighted by Gasteiger charge is 2.36. The number of nitrogens with zero attached hydrogens (tertiary/aromatic N) is 11. The van der Waals surface area contributed by atoms with E-state index in [0.29, 0.717) is 41.0 Å². The third-order valence-corrected chi connectivity index (χ3v) is 31.5. The quantitative estimate of drug-likeness (QED) is 0.119. The molecule has 0 fully saturated rings. The summed E-state index contributed by atoms with van der Waals surface area (Å²) >= 11 is 5.63. The van der Waals surface area contributed by atoms with E-state index in [1.54, 1.807) is 0 Å². The predicted molar refractivity (Wildman–Crippen MR) is 591 cm³/mol. The molecule has 19 aromatic carbocycles. The molecule has 142 heavy (non-hydrogen) atoms. The van der Waals surface area contributed by atoms with E-state index in [9.17, 15) is 0 Å². The van der Waals surface area contributed by atoms with E-state index >= 15 is 0 Å². The Morgan fingerprint density at radius 1 is 0.162 bits per heavy atom. The third-order valence-electron chi connectivity index (χ3n) is 28.2. The Morgan fingerprint density at radius 2 is 0.408 bits per heavy atom. The van der Waals surface area contributed by atoms with Crippen molar-refractivity contribution < 1.29 is 0 Å². The first-order valence-electron chi connectivity index (χ1n) is 47.7. The summed E-state index contributed by atoms with van der Waals surface area (Å²) in [5.41, 5.74) is 34.0. The van der Waals surface area contributed by atoms with Gasteiger partial charge in [-0.3, -0.25) is 9.13 Å². The van der Waals surface area contributed by atoms with E-state index in [-0.39, 0.29) is 0 Å². The molecule has 11 nitrogen and oxygen atoms in total. The Hall–Kier alpha value is -18.2. The topological polar surface area (TPSA) is 118 Å². The van der Waals surface area contributed by atoms with Gasteiger partial charge < -0.3 is 4.57 Å². The van der Waals surface area contributed by atoms with E-state index in [0.717, 1.165) is 89.2 Å². The molecule has 0 saturated heterocycles. The van der Waals surface area contributed by atoms with Crippen LogP contribution in [-0.2, 0) is 0 Å². The van der Waals surface area contributed by atoms with Crippen LogP contribution >= 0.6 is 34.0 Å². The molecule has 28 aromatic rings. The summed E-state index contributed by atoms with van der Waals surface area (Å²) in [5.74, 6) is 4.49. The van der Waals surface area contributed by atoms with Crippen molar-refractivity contribution in [2.75, 3.05) is 0 Å². The summed E-state index contributed by atoms with van der Waals surface area (Å²) in [7, 11) is 0. The van der Waals surface area contributed by atoms with Gasteiger partial charge in [0.05, 0.1) is 44.8 Å². The molecular formula is C128H75N11S3. The molecule has 660 valence electrons. The molecule has 0 unspecified atom stereocenters. The van der Waals surface area contributed by atoms with Gasteiger partial charge in [0.25, 0.3) is 0 Å². The number of fused-ring (bicyclic) bond motifs is 7. The van der Waals surface area contributed by atoms with E-state index in [2.05, 4.69) is 366 Å². The van der Waals surface area contributed by atoms with Gasteiger partial charge in [0.2, 0.25) is 11.9 Å². The molecule has 0 atom stereocenters. The summed E-state index contributed by atoms with van der Waals surface area (Å²) in [5, 5.41) is 12.8. The fourth-order valence-electron chi connectivity index (χ4n) is 22.2. The minimum Gasteiger partial charge on any atom is -0.309 e. The molecule has 9 aromatic heterocycles. The van der Waals surface area contributed by atoms with Gasteiger partial charge >= 0.3 is 0 Å². The number of rotatable bonds is 12. The number of hydrogen-bond acceptors (Lipinski definition) is 11. The maximum absolute atomic E-state index is 5.37. The zero-order valence-electron chi connectivity index (χ0n) is 75.9. The normalized spacial score (nSPS) is 11.9. The molecule has 0 bridgehead atoms. The number of para-hydroxylation sites is 1. The zero-order valence-corrected chi connectivity index (χ0v) is 78.4. The first-order chi connectivity index (χ1) is 70.5. The second-order valence-electron chi connectivity index (χ2n) is 36.1. The SMILES string of the molecule is c1ccc(-c2nc(-c3ccccc3)nc(-c3ccc(-n4c(-c5ccccc5)c5c6c(cccc64)-c4cccc6sc7cccc-5c7c46)cc3)n2)cc1.c1ccc(-c2nc(-c3ccccc3)nc(-n3c(-c4ccccc4)c4c5c(cccc53)-c3cccc5sc6cccc-4c6c35)n2)cc1.c1ccc(-c2nc(-n3c(-c4ccccc4)c4c5c(cccc53)-c3cccc5sc6cccc-4c6c35)nc3ccccc23)cc1. The maximum Gasteiger partial charge on any atom is 0.238 e. The lowest BCUT2D eigenvalue weighted by atomic mass is 9.95. The molecule has 3 aliphatic carbocycles. The highest BCUT2D eigenvalue weighted by molar-refractivity contribution is 7.27. The molecule has 9 heterocycles. The summed E-state index contributed by atoms with van der Waals surface area (Å²) in [6.45, 7) is 0. The van der Waals surface area contributed by atoms with E-state index in [1.165, 1.54) is 160 Å². The van der Waals surface area contributed by atoms with Crippen molar-refractivity contribution >= 4 is 138 Å². The molecule has 3 aliphatic rings. The van der Waals surface area contributed by atoms with Crippen LogP contribution in [-0.4, -0.2) is 53.6 Å². The van der Waals surface area contributed by atoms with Crippen molar-refractivity contribution in [3.8, 4) is 186 Å². The Labute approximate surface area is 826 Å². The van der Waals surface area contributed by atoms with Crippen LogP contribution in [0.5, 0.6) is 0 Å². The first kappa shape index (κ1) is 81.0. The number of aromatic nitrogens is 11. The summed E-state index contributed by atoms with van der Waals surface area (Å²) < 4.78 is 14.9. The summed E-state index contributed by atoms with van der Waals surface area (Å²) in [6.07, 6.45) is 0. The van der Waals surface area contributed by atoms with Crippen LogP contribution in [0.25, 0.3) is 290 Å². The number of benzene rings is 19. The largest absolute Gasteiger partial charge is 0.309 e. The standard InChI is InChI=1S/C47H28N4S.C41H24N4S.C40H23N3S/c1-4-13-29(14-5-1)44-43-36-21-12-24-39-42(36)41-35(20-11-23-38(41)52-39)34-19-10-22-37(40(34)43)51(44)33-27-25-32(26-28-33)47-49-45(30-15-6-2-7-16-30)48-46(50-47)31-17-8-3-9-18-31;1-4-13-25(14-5-1)38-37-30-21-12-24-33-36(30)35-29(20-11-23-32(35)46-33)28-19-10-22-31(34(28)37)45(38)41-43-39(26-15-6-2-7-16-26)42-40(44-41)27-17-8-3-9-18-27;1-3-12-24(13-4-1)38-28-16-7-8-20-30(28)41-40(42-38)43-31-21-9-17-26-27-18-10-22-32-35(27)36-29(19-11-23-33(36)44-32)37(34(26)31)39(43)25-14-5-2-6-15-25/h1-28H;1-24H;1-23H. The van der Waals surface area contributed by atoms with Gasteiger partial charge in [0, 0.05) is 138 Å². The summed E-state index contributed by atoms with van der Waals surface area (Å²) in [4.78, 5) is 41.0. The molecule has 0 spiro atoms. The molecule has 0 aliphatic heterocycles. The smallest absolute Gasteiger partial charge is 0.238 e. The van der Waals surface area contributed by atoms with E-state index in [4.69, 9.17) is 39.9 Å². The van der Waals surface area contributed by atoms with Gasteiger partial charge in [0.1, 0.15) is 0 Å². The van der Waals surface area contributed by atoms with Crippen LogP contribution in [0.1, 0.15) is 0 Å². The first-order valence-corrected chi connectivity index (χ1v) is 50.1. The van der Waals surface area contributed by atoms with Crippen molar-refractivity contribution in [2.45, 2.75) is 0 Å².